The SMILES string of the molecule is COCCn1cc(-c2ccc(NCC#Cc3cc4c(NC5CCN(C)CC5)cccc4n3CC(F)(F)F)c(OC)c2)cn1. The molecular formula is C32H37F3N6O2. The number of methoxy groups -OCH3 is 2. The number of nitrogens with one attached hydrogen (secondary N) is 2. The lowest BCUT2D eigenvalue weighted by Crippen LogP contribution is -2.36. The van der Waals surface area contributed by atoms with Gasteiger partial charge in [0, 0.05) is 36.0 Å². The minimum atomic E-state index is -4.38. The highest BCUT2D eigenvalue weighted by Gasteiger charge is 2.30. The van der Waals surface area contributed by atoms with E-state index in [4.69, 9.17) is 9.47 Å². The molecule has 0 amide bonds. The Morgan fingerprint density at radius 3 is 2.60 bits per heavy atom. The van der Waals surface area contributed by atoms with Gasteiger partial charge in [0.25, 0.3) is 0 Å². The number of anilines is 2. The van der Waals surface area contributed by atoms with Gasteiger partial charge in [-0.1, -0.05) is 18.1 Å². The largest absolute Gasteiger partial charge is 0.495 e. The van der Waals surface area contributed by atoms with E-state index >= 15 is 0 Å². The van der Waals surface area contributed by atoms with E-state index in [1.807, 2.05) is 35.1 Å². The van der Waals surface area contributed by atoms with Gasteiger partial charge in [-0.25, -0.2) is 0 Å². The van der Waals surface area contributed by atoms with Crippen LogP contribution in [0.4, 0.5) is 24.5 Å². The summed E-state index contributed by atoms with van der Waals surface area (Å²) in [6.45, 7) is 2.31. The highest BCUT2D eigenvalue weighted by Crippen LogP contribution is 2.32. The molecule has 0 bridgehead atoms. The molecule has 5 rings (SSSR count). The van der Waals surface area contributed by atoms with Crippen LogP contribution < -0.4 is 15.4 Å². The molecule has 0 radical (unpaired) electrons. The van der Waals surface area contributed by atoms with E-state index in [1.165, 1.54) is 4.57 Å². The number of fused-ring (bicyclic) bond motifs is 1. The number of piperidine rings is 1. The summed E-state index contributed by atoms with van der Waals surface area (Å²) in [7, 11) is 5.34. The first-order valence-corrected chi connectivity index (χ1v) is 14.3. The maximum atomic E-state index is 13.6. The third-order valence-electron chi connectivity index (χ3n) is 7.64. The van der Waals surface area contributed by atoms with Crippen LogP contribution in [0.1, 0.15) is 18.5 Å². The monoisotopic (exact) mass is 594 g/mol. The zero-order valence-corrected chi connectivity index (χ0v) is 24.7. The predicted octanol–water partition coefficient (Wildman–Crippen LogP) is 5.69. The minimum Gasteiger partial charge on any atom is -0.495 e. The summed E-state index contributed by atoms with van der Waals surface area (Å²) in [6.07, 6.45) is 1.32. The fraction of sp³-hybridized carbons (Fsp3) is 0.406. The zero-order chi connectivity index (χ0) is 30.4. The average Bonchev–Trinajstić information content (AvgIpc) is 3.60. The molecule has 8 nitrogen and oxygen atoms in total. The number of halogens is 3. The summed E-state index contributed by atoms with van der Waals surface area (Å²) in [5.41, 5.74) is 4.28. The van der Waals surface area contributed by atoms with Crippen LogP contribution in [0, 0.1) is 11.8 Å². The van der Waals surface area contributed by atoms with Gasteiger partial charge in [0.15, 0.2) is 0 Å². The summed E-state index contributed by atoms with van der Waals surface area (Å²) in [5.74, 6) is 6.61. The molecule has 2 N–H and O–H groups in total. The van der Waals surface area contributed by atoms with E-state index in [0.29, 0.717) is 30.1 Å². The molecular weight excluding hydrogens is 557 g/mol. The molecule has 4 aromatic rings. The first kappa shape index (κ1) is 30.3. The lowest BCUT2D eigenvalue weighted by Gasteiger charge is -2.30. The molecule has 0 unspecified atom stereocenters. The molecule has 1 aliphatic heterocycles. The Labute approximate surface area is 249 Å². The van der Waals surface area contributed by atoms with Crippen molar-refractivity contribution >= 4 is 22.3 Å². The number of hydrogen-bond acceptors (Lipinski definition) is 6. The molecule has 3 heterocycles. The number of likely N-dealkylation sites (tertiary alicyclic amines) is 1. The van der Waals surface area contributed by atoms with Gasteiger partial charge in [-0.05, 0) is 74.8 Å². The lowest BCUT2D eigenvalue weighted by atomic mass is 10.0. The van der Waals surface area contributed by atoms with E-state index in [-0.39, 0.29) is 12.6 Å². The van der Waals surface area contributed by atoms with Gasteiger partial charge >= 0.3 is 6.18 Å². The summed E-state index contributed by atoms with van der Waals surface area (Å²) >= 11 is 0. The topological polar surface area (TPSA) is 68.5 Å². The van der Waals surface area contributed by atoms with E-state index in [0.717, 1.165) is 53.8 Å². The molecule has 1 aliphatic rings. The van der Waals surface area contributed by atoms with E-state index in [1.54, 1.807) is 38.6 Å². The van der Waals surface area contributed by atoms with Gasteiger partial charge in [-0.15, -0.1) is 0 Å². The number of hydrogen-bond donors (Lipinski definition) is 2. The Balaban J connectivity index is 1.33. The second-order valence-electron chi connectivity index (χ2n) is 10.7. The third kappa shape index (κ3) is 7.63. The standard InChI is InChI=1S/C32H37F3N6O2/c1-39-14-11-25(12-15-39)38-28-7-4-8-30-27(28)19-26(41(30)22-32(33,34)35)6-5-13-36-29-10-9-23(18-31(29)43-3)24-20-37-40(21-24)16-17-42-2/h4,7-10,18-21,25,36,38H,11-17,22H2,1-3H3. The molecule has 43 heavy (non-hydrogen) atoms. The average molecular weight is 595 g/mol. The number of benzene rings is 2. The van der Waals surface area contributed by atoms with Crippen molar-refractivity contribution in [2.24, 2.45) is 0 Å². The van der Waals surface area contributed by atoms with Crippen molar-refractivity contribution in [2.45, 2.75) is 38.1 Å². The highest BCUT2D eigenvalue weighted by molar-refractivity contribution is 5.94. The summed E-state index contributed by atoms with van der Waals surface area (Å²) in [5, 5.41) is 11.9. The van der Waals surface area contributed by atoms with Crippen LogP contribution in [0.5, 0.6) is 5.75 Å². The van der Waals surface area contributed by atoms with Crippen LogP contribution in [-0.4, -0.2) is 79.0 Å². The van der Waals surface area contributed by atoms with Crippen molar-refractivity contribution in [3.8, 4) is 28.7 Å². The normalized spacial score (nSPS) is 14.5. The Morgan fingerprint density at radius 2 is 1.86 bits per heavy atom. The number of nitrogens with zero attached hydrogens (tertiary/aromatic N) is 4. The number of aromatic nitrogens is 3. The molecule has 1 fully saturated rings. The zero-order valence-electron chi connectivity index (χ0n) is 24.7. The Morgan fingerprint density at radius 1 is 1.05 bits per heavy atom. The lowest BCUT2D eigenvalue weighted by molar-refractivity contribution is -0.140. The van der Waals surface area contributed by atoms with E-state index < -0.39 is 12.7 Å². The summed E-state index contributed by atoms with van der Waals surface area (Å²) in [4.78, 5) is 2.28. The minimum absolute atomic E-state index is 0.221. The highest BCUT2D eigenvalue weighted by atomic mass is 19.4. The van der Waals surface area contributed by atoms with Crippen LogP contribution in [0.25, 0.3) is 22.0 Å². The van der Waals surface area contributed by atoms with Gasteiger partial charge in [0.2, 0.25) is 0 Å². The summed E-state index contributed by atoms with van der Waals surface area (Å²) < 4.78 is 54.6. The quantitative estimate of drug-likeness (QED) is 0.230. The third-order valence-corrected chi connectivity index (χ3v) is 7.64. The van der Waals surface area contributed by atoms with Gasteiger partial charge < -0.3 is 29.6 Å². The predicted molar refractivity (Wildman–Crippen MR) is 164 cm³/mol. The van der Waals surface area contributed by atoms with Crippen LogP contribution in [0.15, 0.2) is 54.9 Å². The smallest absolute Gasteiger partial charge is 0.406 e. The molecule has 2 aromatic carbocycles. The van der Waals surface area contributed by atoms with Gasteiger partial charge in [0.1, 0.15) is 12.3 Å². The second kappa shape index (κ2) is 13.4. The molecule has 0 saturated carbocycles. The number of ether oxygens (including phenoxy) is 2. The maximum Gasteiger partial charge on any atom is 0.406 e. The van der Waals surface area contributed by atoms with Crippen molar-refractivity contribution < 1.29 is 22.6 Å². The second-order valence-corrected chi connectivity index (χ2v) is 10.7. The van der Waals surface area contributed by atoms with E-state index in [9.17, 15) is 13.2 Å². The summed E-state index contributed by atoms with van der Waals surface area (Å²) in [6, 6.07) is 13.2. The molecule has 0 atom stereocenters. The Bertz CT molecular complexity index is 1590. The van der Waals surface area contributed by atoms with Crippen LogP contribution in [0.3, 0.4) is 0 Å². The molecule has 2 aromatic heterocycles. The van der Waals surface area contributed by atoms with Crippen LogP contribution in [-0.2, 0) is 17.8 Å². The van der Waals surface area contributed by atoms with Crippen molar-refractivity contribution in [1.29, 1.82) is 0 Å². The maximum absolute atomic E-state index is 13.6. The van der Waals surface area contributed by atoms with Crippen molar-refractivity contribution in [1.82, 2.24) is 19.2 Å². The molecule has 0 spiro atoms. The number of rotatable bonds is 10. The van der Waals surface area contributed by atoms with Crippen molar-refractivity contribution in [2.75, 3.05) is 58.1 Å². The van der Waals surface area contributed by atoms with E-state index in [2.05, 4.69) is 39.5 Å². The van der Waals surface area contributed by atoms with Crippen LogP contribution >= 0.6 is 0 Å². The Hall–Kier alpha value is -4.14. The van der Waals surface area contributed by atoms with Gasteiger partial charge in [-0.3, -0.25) is 4.68 Å². The Kier molecular flexibility index (Phi) is 9.48. The fourth-order valence-electron chi connectivity index (χ4n) is 5.35. The molecule has 0 aliphatic carbocycles. The van der Waals surface area contributed by atoms with Gasteiger partial charge in [-0.2, -0.15) is 18.3 Å². The molecule has 228 valence electrons. The number of alkyl halides is 3. The van der Waals surface area contributed by atoms with Gasteiger partial charge in [0.05, 0.1) is 49.9 Å². The fourth-order valence-corrected chi connectivity index (χ4v) is 5.35. The first-order chi connectivity index (χ1) is 20.7. The molecule has 1 saturated heterocycles. The molecule has 11 heteroatoms. The van der Waals surface area contributed by atoms with Crippen molar-refractivity contribution in [3.63, 3.8) is 0 Å². The van der Waals surface area contributed by atoms with Crippen LogP contribution in [0.2, 0.25) is 0 Å². The first-order valence-electron chi connectivity index (χ1n) is 14.3. The van der Waals surface area contributed by atoms with Crippen molar-refractivity contribution in [3.05, 3.63) is 60.6 Å².